The van der Waals surface area contributed by atoms with Crippen molar-refractivity contribution in [2.75, 3.05) is 11.9 Å². The van der Waals surface area contributed by atoms with Crippen LogP contribution < -0.4 is 20.9 Å². The zero-order valence-electron chi connectivity index (χ0n) is 17.6. The van der Waals surface area contributed by atoms with Gasteiger partial charge < -0.3 is 15.8 Å². The molecule has 2 N–H and O–H groups in total. The Morgan fingerprint density at radius 1 is 1.29 bits per heavy atom. The normalized spacial score (nSPS) is 15.1. The molecule has 0 saturated heterocycles. The number of hydrogen-bond acceptors (Lipinski definition) is 5. The first-order valence-corrected chi connectivity index (χ1v) is 10.7. The van der Waals surface area contributed by atoms with Crippen molar-refractivity contribution in [3.63, 3.8) is 0 Å². The van der Waals surface area contributed by atoms with E-state index in [9.17, 15) is 28.0 Å². The van der Waals surface area contributed by atoms with Crippen LogP contribution in [-0.4, -0.2) is 22.0 Å². The molecule has 12 heteroatoms. The molecule has 178 valence electrons. The number of benzene rings is 1. The number of aromatic nitrogens is 3. The summed E-state index contributed by atoms with van der Waals surface area (Å²) in [6.45, 7) is -1.23. The number of carbonyl (C=O) groups is 1. The number of rotatable bonds is 7. The largest absolute Gasteiger partial charge is 0.618 e. The summed E-state index contributed by atoms with van der Waals surface area (Å²) in [5.41, 5.74) is -0.962. The maximum atomic E-state index is 14.5. The van der Waals surface area contributed by atoms with Crippen molar-refractivity contribution in [3.05, 3.63) is 92.1 Å². The van der Waals surface area contributed by atoms with Crippen LogP contribution in [0, 0.1) is 11.0 Å². The Balaban J connectivity index is 1.50. The van der Waals surface area contributed by atoms with Crippen molar-refractivity contribution >= 4 is 23.3 Å². The van der Waals surface area contributed by atoms with Crippen molar-refractivity contribution in [1.29, 1.82) is 0 Å². The number of carbonyl (C=O) groups excluding carboxylic acids is 1. The number of hydrogen-bond donors (Lipinski definition) is 2. The number of anilines is 1. The molecule has 0 unspecified atom stereocenters. The Kier molecular flexibility index (Phi) is 6.47. The van der Waals surface area contributed by atoms with E-state index in [0.29, 0.717) is 12.1 Å². The van der Waals surface area contributed by atoms with Gasteiger partial charge >= 0.3 is 5.92 Å². The summed E-state index contributed by atoms with van der Waals surface area (Å²) < 4.78 is 44.2. The molecule has 0 radical (unpaired) electrons. The Labute approximate surface area is 196 Å². The van der Waals surface area contributed by atoms with Gasteiger partial charge in [-0.25, -0.2) is 9.37 Å². The van der Waals surface area contributed by atoms with E-state index in [4.69, 9.17) is 11.6 Å². The molecule has 1 amide bonds. The smallest absolute Gasteiger partial charge is 0.347 e. The highest BCUT2D eigenvalue weighted by atomic mass is 35.5. The Bertz CT molecular complexity index is 1280. The van der Waals surface area contributed by atoms with Crippen LogP contribution in [0.5, 0.6) is 0 Å². The van der Waals surface area contributed by atoms with Crippen molar-refractivity contribution < 1.29 is 22.7 Å². The van der Waals surface area contributed by atoms with Crippen LogP contribution in [-0.2, 0) is 23.7 Å². The molecule has 1 aliphatic rings. The molecule has 0 aliphatic carbocycles. The summed E-state index contributed by atoms with van der Waals surface area (Å²) in [4.78, 5) is 29.6. The fourth-order valence-electron chi connectivity index (χ4n) is 3.80. The van der Waals surface area contributed by atoms with Crippen LogP contribution in [0.15, 0.2) is 53.6 Å². The molecular weight excluding hydrogens is 475 g/mol. The highest BCUT2D eigenvalue weighted by molar-refractivity contribution is 6.31. The van der Waals surface area contributed by atoms with E-state index in [1.165, 1.54) is 41.1 Å². The lowest BCUT2D eigenvalue weighted by Crippen LogP contribution is -2.42. The van der Waals surface area contributed by atoms with Gasteiger partial charge in [0.15, 0.2) is 12.0 Å². The number of alkyl halides is 2. The fraction of sp³-hybridized carbons (Fsp3) is 0.273. The minimum absolute atomic E-state index is 0.0485. The van der Waals surface area contributed by atoms with Gasteiger partial charge in [-0.2, -0.15) is 13.5 Å². The number of fused-ring (bicyclic) bond motifs is 1. The first-order chi connectivity index (χ1) is 16.2. The lowest BCUT2D eigenvalue weighted by molar-refractivity contribution is -0.624. The zero-order chi connectivity index (χ0) is 24.5. The predicted octanol–water partition coefficient (Wildman–Crippen LogP) is 2.68. The maximum Gasteiger partial charge on any atom is 0.347 e. The fourth-order valence-corrected chi connectivity index (χ4v) is 4.03. The molecule has 0 bridgehead atoms. The summed E-state index contributed by atoms with van der Waals surface area (Å²) >= 11 is 5.98. The molecule has 8 nitrogen and oxygen atoms in total. The highest BCUT2D eigenvalue weighted by Gasteiger charge is 2.40. The van der Waals surface area contributed by atoms with Gasteiger partial charge in [-0.1, -0.05) is 17.7 Å². The van der Waals surface area contributed by atoms with E-state index in [2.05, 4.69) is 15.6 Å². The number of pyridine rings is 1. The SMILES string of the molecule is O=C(NCc1c(F)cccc1Cl)[C@@H]1CCc2cnc(NCC(F)(F)c3cccc[n+]3[O-])c(=O)n21. The molecule has 1 aromatic carbocycles. The van der Waals surface area contributed by atoms with E-state index in [1.54, 1.807) is 0 Å². The summed E-state index contributed by atoms with van der Waals surface area (Å²) in [6, 6.07) is 6.83. The lowest BCUT2D eigenvalue weighted by atomic mass is 10.1. The van der Waals surface area contributed by atoms with Crippen molar-refractivity contribution in [2.45, 2.75) is 31.4 Å². The molecule has 34 heavy (non-hydrogen) atoms. The second-order valence-corrected chi connectivity index (χ2v) is 8.12. The highest BCUT2D eigenvalue weighted by Crippen LogP contribution is 2.27. The van der Waals surface area contributed by atoms with Crippen LogP contribution in [0.3, 0.4) is 0 Å². The molecule has 0 saturated carbocycles. The van der Waals surface area contributed by atoms with Gasteiger partial charge in [-0.3, -0.25) is 14.2 Å². The molecule has 0 fully saturated rings. The summed E-state index contributed by atoms with van der Waals surface area (Å²) in [7, 11) is 0. The Morgan fingerprint density at radius 2 is 2.09 bits per heavy atom. The monoisotopic (exact) mass is 493 g/mol. The third kappa shape index (κ3) is 4.56. The van der Waals surface area contributed by atoms with E-state index < -0.39 is 41.5 Å². The molecule has 1 aliphatic heterocycles. The van der Waals surface area contributed by atoms with Gasteiger partial charge in [0.1, 0.15) is 11.9 Å². The number of nitrogens with zero attached hydrogens (tertiary/aromatic N) is 3. The molecular formula is C22H19ClF3N5O3. The van der Waals surface area contributed by atoms with Crippen LogP contribution in [0.1, 0.15) is 29.4 Å². The number of halogens is 4. The van der Waals surface area contributed by atoms with Gasteiger partial charge in [0.2, 0.25) is 5.91 Å². The van der Waals surface area contributed by atoms with Crippen molar-refractivity contribution in [2.24, 2.45) is 0 Å². The summed E-state index contributed by atoms with van der Waals surface area (Å²) in [5.74, 6) is -5.09. The third-order valence-electron chi connectivity index (χ3n) is 5.54. The zero-order valence-corrected chi connectivity index (χ0v) is 18.4. The molecule has 2 aromatic heterocycles. The second-order valence-electron chi connectivity index (χ2n) is 7.72. The van der Waals surface area contributed by atoms with Crippen molar-refractivity contribution in [3.8, 4) is 0 Å². The quantitative estimate of drug-likeness (QED) is 0.389. The van der Waals surface area contributed by atoms with E-state index in [-0.39, 0.29) is 34.1 Å². The minimum atomic E-state index is -3.59. The third-order valence-corrected chi connectivity index (χ3v) is 5.89. The molecule has 3 heterocycles. The Morgan fingerprint density at radius 3 is 2.82 bits per heavy atom. The summed E-state index contributed by atoms with van der Waals surface area (Å²) in [6.07, 6.45) is 2.94. The predicted molar refractivity (Wildman–Crippen MR) is 117 cm³/mol. The van der Waals surface area contributed by atoms with Crippen LogP contribution in [0.25, 0.3) is 0 Å². The molecule has 3 aromatic rings. The average molecular weight is 494 g/mol. The molecule has 1 atom stereocenters. The summed E-state index contributed by atoms with van der Waals surface area (Å²) in [5, 5.41) is 16.7. The van der Waals surface area contributed by atoms with Gasteiger partial charge in [-0.15, -0.1) is 0 Å². The number of aryl methyl sites for hydroxylation is 1. The minimum Gasteiger partial charge on any atom is -0.618 e. The molecule has 4 rings (SSSR count). The van der Waals surface area contributed by atoms with Gasteiger partial charge in [0.25, 0.3) is 11.3 Å². The maximum absolute atomic E-state index is 14.5. The number of amides is 1. The Hall–Kier alpha value is -3.60. The first-order valence-electron chi connectivity index (χ1n) is 10.3. The van der Waals surface area contributed by atoms with Crippen molar-refractivity contribution in [1.82, 2.24) is 14.9 Å². The van der Waals surface area contributed by atoms with Crippen LogP contribution in [0.2, 0.25) is 5.02 Å². The van der Waals surface area contributed by atoms with Gasteiger partial charge in [0.05, 0.1) is 6.54 Å². The van der Waals surface area contributed by atoms with E-state index >= 15 is 0 Å². The standard InChI is InChI=1S/C22H19ClF3N5O3/c23-15-4-3-5-16(24)14(15)11-28-20(32)17-8-7-13-10-27-19(21(33)31(13)17)29-12-22(25,26)18-6-1-2-9-30(18)34/h1-6,9-10,17H,7-8,11-12H2,(H,27,29)(H,28,32)/t17-/m0/s1. The van der Waals surface area contributed by atoms with Crippen LogP contribution >= 0.6 is 11.6 Å². The molecule has 0 spiro atoms. The van der Waals surface area contributed by atoms with Gasteiger partial charge in [0, 0.05) is 41.2 Å². The lowest BCUT2D eigenvalue weighted by Gasteiger charge is -2.18. The van der Waals surface area contributed by atoms with Crippen LogP contribution in [0.4, 0.5) is 19.0 Å². The first kappa shape index (κ1) is 23.6. The average Bonchev–Trinajstić information content (AvgIpc) is 3.23. The van der Waals surface area contributed by atoms with Gasteiger partial charge in [-0.05, 0) is 31.0 Å². The second kappa shape index (κ2) is 9.34. The number of nitrogens with one attached hydrogen (secondary N) is 2. The topological polar surface area (TPSA) is 103 Å². The van der Waals surface area contributed by atoms with E-state index in [1.807, 2.05) is 0 Å². The van der Waals surface area contributed by atoms with E-state index in [0.717, 1.165) is 12.3 Å².